The molecule has 0 aromatic heterocycles. The van der Waals surface area contributed by atoms with Crippen LogP contribution in [0.25, 0.3) is 0 Å². The van der Waals surface area contributed by atoms with Crippen LogP contribution < -0.4 is 10.6 Å². The van der Waals surface area contributed by atoms with E-state index in [1.807, 2.05) is 19.2 Å². The van der Waals surface area contributed by atoms with Gasteiger partial charge >= 0.3 is 0 Å². The molecule has 0 saturated heterocycles. The summed E-state index contributed by atoms with van der Waals surface area (Å²) >= 11 is 0. The zero-order chi connectivity index (χ0) is 14.6. The molecule has 4 heteroatoms. The highest BCUT2D eigenvalue weighted by Crippen LogP contribution is 2.27. The molecule has 0 heterocycles. The number of anilines is 2. The smallest absolute Gasteiger partial charge is 0.253 e. The van der Waals surface area contributed by atoms with E-state index in [9.17, 15) is 4.79 Å². The van der Waals surface area contributed by atoms with Crippen molar-refractivity contribution < 1.29 is 4.79 Å². The van der Waals surface area contributed by atoms with Gasteiger partial charge in [0.2, 0.25) is 0 Å². The third-order valence-electron chi connectivity index (χ3n) is 3.55. The average Bonchev–Trinajstić information content (AvgIpc) is 2.39. The number of nitrogens with two attached hydrogens (primary N) is 1. The third-order valence-corrected chi connectivity index (χ3v) is 3.55. The van der Waals surface area contributed by atoms with Crippen LogP contribution in [-0.2, 0) is 0 Å². The van der Waals surface area contributed by atoms with E-state index in [1.165, 1.54) is 0 Å². The van der Waals surface area contributed by atoms with Crippen LogP contribution in [0, 0.1) is 0 Å². The first-order chi connectivity index (χ1) is 8.92. The Morgan fingerprint density at radius 2 is 1.79 bits per heavy atom. The molecule has 4 nitrogen and oxygen atoms in total. The van der Waals surface area contributed by atoms with E-state index in [0.717, 1.165) is 18.5 Å². The highest BCUT2D eigenvalue weighted by molar-refractivity contribution is 5.96. The van der Waals surface area contributed by atoms with Gasteiger partial charge in [-0.1, -0.05) is 13.8 Å². The molecule has 1 aromatic carbocycles. The molecule has 1 amide bonds. The quantitative estimate of drug-likeness (QED) is 0.831. The third kappa shape index (κ3) is 3.40. The molecule has 0 atom stereocenters. The van der Waals surface area contributed by atoms with Crippen molar-refractivity contribution in [2.45, 2.75) is 32.7 Å². The number of benzene rings is 1. The van der Waals surface area contributed by atoms with Crippen LogP contribution in [-0.4, -0.2) is 38.0 Å². The monoisotopic (exact) mass is 263 g/mol. The van der Waals surface area contributed by atoms with Crippen molar-refractivity contribution in [1.29, 1.82) is 0 Å². The second-order valence-corrected chi connectivity index (χ2v) is 5.05. The second-order valence-electron chi connectivity index (χ2n) is 5.05. The Balaban J connectivity index is 3.13. The molecule has 1 rings (SSSR count). The fourth-order valence-corrected chi connectivity index (χ4v) is 2.27. The summed E-state index contributed by atoms with van der Waals surface area (Å²) in [4.78, 5) is 15.8. The summed E-state index contributed by atoms with van der Waals surface area (Å²) in [6, 6.07) is 5.91. The Labute approximate surface area is 116 Å². The lowest BCUT2D eigenvalue weighted by Crippen LogP contribution is -2.31. The Bertz CT molecular complexity index is 439. The van der Waals surface area contributed by atoms with Crippen molar-refractivity contribution in [3.05, 3.63) is 23.8 Å². The normalized spacial score (nSPS) is 10.6. The van der Waals surface area contributed by atoms with E-state index < -0.39 is 0 Å². The van der Waals surface area contributed by atoms with Crippen LogP contribution in [0.1, 0.15) is 37.0 Å². The molecular formula is C15H25N3O. The summed E-state index contributed by atoms with van der Waals surface area (Å²) in [5.41, 5.74) is 8.36. The standard InChI is InChI=1S/C15H25N3O/c1-6-12(7-2)18(5)14-10-11(8-9-13(14)16)15(19)17(3)4/h8-10,12H,6-7,16H2,1-5H3. The topological polar surface area (TPSA) is 49.6 Å². The number of carbonyl (C=O) groups excluding carboxylic acids is 1. The molecule has 0 aliphatic heterocycles. The summed E-state index contributed by atoms with van der Waals surface area (Å²) in [6.07, 6.45) is 2.11. The molecule has 0 saturated carbocycles. The minimum atomic E-state index is -0.000744. The number of amides is 1. The van der Waals surface area contributed by atoms with Crippen LogP contribution in [0.3, 0.4) is 0 Å². The molecule has 0 spiro atoms. The highest BCUT2D eigenvalue weighted by atomic mass is 16.2. The maximum absolute atomic E-state index is 12.0. The SMILES string of the molecule is CCC(CC)N(C)c1cc(C(=O)N(C)C)ccc1N. The molecular weight excluding hydrogens is 238 g/mol. The number of rotatable bonds is 5. The molecule has 0 bridgehead atoms. The van der Waals surface area contributed by atoms with Crippen molar-refractivity contribution in [3.8, 4) is 0 Å². The van der Waals surface area contributed by atoms with Crippen molar-refractivity contribution in [2.24, 2.45) is 0 Å². The zero-order valence-electron chi connectivity index (χ0n) is 12.6. The van der Waals surface area contributed by atoms with Crippen molar-refractivity contribution >= 4 is 17.3 Å². The van der Waals surface area contributed by atoms with Crippen molar-refractivity contribution in [1.82, 2.24) is 4.90 Å². The van der Waals surface area contributed by atoms with Crippen LogP contribution in [0.2, 0.25) is 0 Å². The number of nitrogen functional groups attached to an aromatic ring is 1. The maximum Gasteiger partial charge on any atom is 0.253 e. The fraction of sp³-hybridized carbons (Fsp3) is 0.533. The molecule has 19 heavy (non-hydrogen) atoms. The number of carbonyl (C=O) groups is 1. The van der Waals surface area contributed by atoms with E-state index in [4.69, 9.17) is 5.73 Å². The molecule has 1 aromatic rings. The minimum absolute atomic E-state index is 0.000744. The van der Waals surface area contributed by atoms with Gasteiger partial charge in [-0.2, -0.15) is 0 Å². The van der Waals surface area contributed by atoms with Gasteiger partial charge in [0.05, 0.1) is 11.4 Å². The van der Waals surface area contributed by atoms with Crippen LogP contribution in [0.4, 0.5) is 11.4 Å². The first-order valence-electron chi connectivity index (χ1n) is 6.76. The minimum Gasteiger partial charge on any atom is -0.397 e. The lowest BCUT2D eigenvalue weighted by molar-refractivity contribution is 0.0827. The Hall–Kier alpha value is -1.71. The first kappa shape index (κ1) is 15.3. The molecule has 0 aliphatic carbocycles. The lowest BCUT2D eigenvalue weighted by Gasteiger charge is -2.30. The van der Waals surface area contributed by atoms with E-state index in [1.54, 1.807) is 25.1 Å². The van der Waals surface area contributed by atoms with E-state index >= 15 is 0 Å². The number of hydrogen-bond acceptors (Lipinski definition) is 3. The summed E-state index contributed by atoms with van der Waals surface area (Å²) < 4.78 is 0. The Kier molecular flexibility index (Phi) is 5.21. The largest absolute Gasteiger partial charge is 0.397 e. The summed E-state index contributed by atoms with van der Waals surface area (Å²) in [5, 5.41) is 0. The molecule has 0 fully saturated rings. The van der Waals surface area contributed by atoms with Crippen LogP contribution >= 0.6 is 0 Å². The Morgan fingerprint density at radius 1 is 1.21 bits per heavy atom. The van der Waals surface area contributed by atoms with Gasteiger partial charge in [-0.3, -0.25) is 4.79 Å². The fourth-order valence-electron chi connectivity index (χ4n) is 2.27. The molecule has 0 aliphatic rings. The predicted octanol–water partition coefficient (Wildman–Crippen LogP) is 2.60. The Morgan fingerprint density at radius 3 is 2.26 bits per heavy atom. The van der Waals surface area contributed by atoms with Gasteiger partial charge < -0.3 is 15.5 Å². The van der Waals surface area contributed by atoms with Crippen LogP contribution in [0.15, 0.2) is 18.2 Å². The lowest BCUT2D eigenvalue weighted by atomic mass is 10.1. The number of hydrogen-bond donors (Lipinski definition) is 1. The molecule has 2 N–H and O–H groups in total. The van der Waals surface area contributed by atoms with Gasteiger partial charge in [-0.15, -0.1) is 0 Å². The van der Waals surface area contributed by atoms with Crippen molar-refractivity contribution in [3.63, 3.8) is 0 Å². The maximum atomic E-state index is 12.0. The van der Waals surface area contributed by atoms with Gasteiger partial charge in [0.25, 0.3) is 5.91 Å². The van der Waals surface area contributed by atoms with Gasteiger partial charge in [-0.05, 0) is 31.0 Å². The molecule has 106 valence electrons. The van der Waals surface area contributed by atoms with E-state index in [2.05, 4.69) is 18.7 Å². The summed E-state index contributed by atoms with van der Waals surface area (Å²) in [6.45, 7) is 4.32. The summed E-state index contributed by atoms with van der Waals surface area (Å²) in [5.74, 6) is -0.000744. The van der Waals surface area contributed by atoms with Gasteiger partial charge in [-0.25, -0.2) is 0 Å². The number of nitrogens with zero attached hydrogens (tertiary/aromatic N) is 2. The highest BCUT2D eigenvalue weighted by Gasteiger charge is 2.16. The summed E-state index contributed by atoms with van der Waals surface area (Å²) in [7, 11) is 5.54. The van der Waals surface area contributed by atoms with Gasteiger partial charge in [0.1, 0.15) is 0 Å². The zero-order valence-corrected chi connectivity index (χ0v) is 12.6. The average molecular weight is 263 g/mol. The molecule has 0 unspecified atom stereocenters. The second kappa shape index (κ2) is 6.45. The van der Waals surface area contributed by atoms with Gasteiger partial charge in [0, 0.05) is 32.7 Å². The van der Waals surface area contributed by atoms with Gasteiger partial charge in [0.15, 0.2) is 0 Å². The molecule has 0 radical (unpaired) electrons. The van der Waals surface area contributed by atoms with E-state index in [-0.39, 0.29) is 5.91 Å². The predicted molar refractivity (Wildman–Crippen MR) is 81.6 cm³/mol. The first-order valence-corrected chi connectivity index (χ1v) is 6.76. The van der Waals surface area contributed by atoms with Crippen molar-refractivity contribution in [2.75, 3.05) is 31.8 Å². The van der Waals surface area contributed by atoms with Crippen LogP contribution in [0.5, 0.6) is 0 Å². The van der Waals surface area contributed by atoms with E-state index in [0.29, 0.717) is 17.3 Å².